The lowest BCUT2D eigenvalue weighted by molar-refractivity contribution is 0.0636. The highest BCUT2D eigenvalue weighted by Gasteiger charge is 2.20. The van der Waals surface area contributed by atoms with Crippen molar-refractivity contribution in [3.8, 4) is 11.8 Å². The minimum Gasteiger partial charge on any atom is -0.444 e. The smallest absolute Gasteiger partial charge is 0.412 e. The van der Waals surface area contributed by atoms with Crippen LogP contribution >= 0.6 is 0 Å². The van der Waals surface area contributed by atoms with Gasteiger partial charge in [-0.2, -0.15) is 5.26 Å². The second-order valence-corrected chi connectivity index (χ2v) is 7.77. The summed E-state index contributed by atoms with van der Waals surface area (Å²) in [5, 5.41) is 12.3. The average Bonchev–Trinajstić information content (AvgIpc) is 2.95. The highest BCUT2D eigenvalue weighted by molar-refractivity contribution is 5.93. The zero-order chi connectivity index (χ0) is 21.5. The van der Waals surface area contributed by atoms with Crippen LogP contribution in [0.2, 0.25) is 0 Å². The fraction of sp³-hybridized carbons (Fsp3) is 0.182. The van der Waals surface area contributed by atoms with Gasteiger partial charge in [-0.1, -0.05) is 12.1 Å². The standard InChI is InChI=1S/C22H20N6O2/c1-22(2,3)30-21(29)25-13-8-10-14(11-9-13)28-19(24)15(12-23)18-20(28)27-17-7-5-4-6-16(17)26-18/h4-11H,24H2,1-3H3,(H,25,29). The van der Waals surface area contributed by atoms with Crippen LogP contribution in [0, 0.1) is 11.3 Å². The molecule has 150 valence electrons. The van der Waals surface area contributed by atoms with Gasteiger partial charge in [0.05, 0.1) is 11.0 Å². The van der Waals surface area contributed by atoms with E-state index in [0.717, 1.165) is 0 Å². The van der Waals surface area contributed by atoms with E-state index in [2.05, 4.69) is 21.4 Å². The molecule has 0 radical (unpaired) electrons. The lowest BCUT2D eigenvalue weighted by Gasteiger charge is -2.19. The largest absolute Gasteiger partial charge is 0.444 e. The summed E-state index contributed by atoms with van der Waals surface area (Å²) in [4.78, 5) is 21.2. The highest BCUT2D eigenvalue weighted by Crippen LogP contribution is 2.30. The molecule has 1 amide bonds. The van der Waals surface area contributed by atoms with E-state index >= 15 is 0 Å². The van der Waals surface area contributed by atoms with Crippen molar-refractivity contribution in [2.45, 2.75) is 26.4 Å². The first-order chi connectivity index (χ1) is 14.3. The maximum Gasteiger partial charge on any atom is 0.412 e. The van der Waals surface area contributed by atoms with Gasteiger partial charge < -0.3 is 10.5 Å². The van der Waals surface area contributed by atoms with E-state index in [1.165, 1.54) is 0 Å². The van der Waals surface area contributed by atoms with Gasteiger partial charge >= 0.3 is 6.09 Å². The maximum atomic E-state index is 12.0. The molecule has 0 aliphatic rings. The first kappa shape index (κ1) is 19.2. The molecule has 0 saturated carbocycles. The van der Waals surface area contributed by atoms with Gasteiger partial charge in [0, 0.05) is 11.4 Å². The summed E-state index contributed by atoms with van der Waals surface area (Å²) in [7, 11) is 0. The first-order valence-corrected chi connectivity index (χ1v) is 9.34. The van der Waals surface area contributed by atoms with E-state index in [9.17, 15) is 10.1 Å². The Bertz CT molecular complexity index is 1310. The number of benzene rings is 2. The van der Waals surface area contributed by atoms with Crippen LogP contribution in [0.4, 0.5) is 16.3 Å². The predicted molar refractivity (Wildman–Crippen MR) is 115 cm³/mol. The van der Waals surface area contributed by atoms with E-state index in [-0.39, 0.29) is 11.4 Å². The van der Waals surface area contributed by atoms with Crippen molar-refractivity contribution in [1.29, 1.82) is 5.26 Å². The summed E-state index contributed by atoms with van der Waals surface area (Å²) in [5.74, 6) is 0.260. The molecule has 2 aromatic carbocycles. The number of carbonyl (C=O) groups excluding carboxylic acids is 1. The Balaban J connectivity index is 1.76. The monoisotopic (exact) mass is 400 g/mol. The SMILES string of the molecule is CC(C)(C)OC(=O)Nc1ccc(-n2c(N)c(C#N)c3nc4ccccc4nc32)cc1. The fourth-order valence-corrected chi connectivity index (χ4v) is 3.15. The number of hydrogen-bond acceptors (Lipinski definition) is 6. The molecule has 0 aliphatic carbocycles. The number of nitrogen functional groups attached to an aromatic ring is 1. The molecule has 30 heavy (non-hydrogen) atoms. The molecule has 2 aromatic heterocycles. The van der Waals surface area contributed by atoms with Crippen LogP contribution in [-0.2, 0) is 4.74 Å². The summed E-state index contributed by atoms with van der Waals surface area (Å²) in [6, 6.07) is 16.6. The van der Waals surface area contributed by atoms with Crippen LogP contribution in [0.5, 0.6) is 0 Å². The Kier molecular flexibility index (Phi) is 4.51. The quantitative estimate of drug-likeness (QED) is 0.515. The third-order valence-electron chi connectivity index (χ3n) is 4.38. The number of rotatable bonds is 2. The Hall–Kier alpha value is -4.12. The Morgan fingerprint density at radius 3 is 2.33 bits per heavy atom. The van der Waals surface area contributed by atoms with Gasteiger partial charge in [0.2, 0.25) is 0 Å². The number of amides is 1. The van der Waals surface area contributed by atoms with Crippen LogP contribution in [0.1, 0.15) is 26.3 Å². The molecule has 0 bridgehead atoms. The van der Waals surface area contributed by atoms with Crippen LogP contribution in [0.3, 0.4) is 0 Å². The number of nitriles is 1. The predicted octanol–water partition coefficient (Wildman–Crippen LogP) is 4.37. The summed E-state index contributed by atoms with van der Waals surface area (Å²) >= 11 is 0. The summed E-state index contributed by atoms with van der Waals surface area (Å²) in [6.45, 7) is 5.40. The lowest BCUT2D eigenvalue weighted by atomic mass is 10.2. The Morgan fingerprint density at radius 1 is 1.10 bits per heavy atom. The van der Waals surface area contributed by atoms with Gasteiger partial charge in [-0.15, -0.1) is 0 Å². The van der Waals surface area contributed by atoms with Gasteiger partial charge in [-0.05, 0) is 57.2 Å². The summed E-state index contributed by atoms with van der Waals surface area (Å²) in [5.41, 5.74) is 9.57. The zero-order valence-electron chi connectivity index (χ0n) is 16.8. The molecule has 0 fully saturated rings. The normalized spacial score (nSPS) is 11.4. The van der Waals surface area contributed by atoms with E-state index in [1.807, 2.05) is 24.3 Å². The molecule has 0 spiro atoms. The van der Waals surface area contributed by atoms with Crippen LogP contribution in [-0.4, -0.2) is 26.2 Å². The number of anilines is 2. The number of para-hydroxylation sites is 2. The molecular weight excluding hydrogens is 380 g/mol. The first-order valence-electron chi connectivity index (χ1n) is 9.34. The second kappa shape index (κ2) is 7.04. The Morgan fingerprint density at radius 2 is 1.73 bits per heavy atom. The number of hydrogen-bond donors (Lipinski definition) is 2. The number of nitrogens with zero attached hydrogens (tertiary/aromatic N) is 4. The minimum absolute atomic E-state index is 0.260. The van der Waals surface area contributed by atoms with E-state index < -0.39 is 11.7 Å². The highest BCUT2D eigenvalue weighted by atomic mass is 16.6. The van der Waals surface area contributed by atoms with Crippen molar-refractivity contribution in [2.75, 3.05) is 11.1 Å². The Labute approximate surface area is 172 Å². The van der Waals surface area contributed by atoms with Gasteiger partial charge in [0.1, 0.15) is 28.6 Å². The number of carbonyl (C=O) groups is 1. The van der Waals surface area contributed by atoms with E-state index in [1.54, 1.807) is 49.6 Å². The lowest BCUT2D eigenvalue weighted by Crippen LogP contribution is -2.27. The van der Waals surface area contributed by atoms with Crippen molar-refractivity contribution < 1.29 is 9.53 Å². The zero-order valence-corrected chi connectivity index (χ0v) is 16.8. The molecule has 0 saturated heterocycles. The third-order valence-corrected chi connectivity index (χ3v) is 4.38. The van der Waals surface area contributed by atoms with E-state index in [0.29, 0.717) is 33.6 Å². The van der Waals surface area contributed by atoms with Crippen molar-refractivity contribution >= 4 is 39.8 Å². The van der Waals surface area contributed by atoms with Gasteiger partial charge in [-0.25, -0.2) is 14.8 Å². The summed E-state index contributed by atoms with van der Waals surface area (Å²) in [6.07, 6.45) is -0.537. The van der Waals surface area contributed by atoms with Crippen LogP contribution in [0.15, 0.2) is 48.5 Å². The summed E-state index contributed by atoms with van der Waals surface area (Å²) < 4.78 is 6.95. The molecule has 3 N–H and O–H groups in total. The molecule has 8 nitrogen and oxygen atoms in total. The minimum atomic E-state index is -0.586. The molecule has 2 heterocycles. The molecule has 4 aromatic rings. The van der Waals surface area contributed by atoms with Crippen molar-refractivity contribution in [3.63, 3.8) is 0 Å². The number of nitrogens with two attached hydrogens (primary N) is 1. The van der Waals surface area contributed by atoms with E-state index in [4.69, 9.17) is 10.5 Å². The molecule has 0 atom stereocenters. The van der Waals surface area contributed by atoms with Crippen molar-refractivity contribution in [2.24, 2.45) is 0 Å². The maximum absolute atomic E-state index is 12.0. The molecule has 8 heteroatoms. The number of aromatic nitrogens is 3. The fourth-order valence-electron chi connectivity index (χ4n) is 3.15. The van der Waals surface area contributed by atoms with Crippen molar-refractivity contribution in [3.05, 3.63) is 54.1 Å². The molecule has 4 rings (SSSR count). The van der Waals surface area contributed by atoms with Gasteiger partial charge in [-0.3, -0.25) is 9.88 Å². The van der Waals surface area contributed by atoms with Gasteiger partial charge in [0.25, 0.3) is 0 Å². The average molecular weight is 400 g/mol. The number of ether oxygens (including phenoxy) is 1. The van der Waals surface area contributed by atoms with Crippen LogP contribution in [0.25, 0.3) is 27.9 Å². The number of nitrogens with one attached hydrogen (secondary N) is 1. The molecule has 0 aliphatic heterocycles. The van der Waals surface area contributed by atoms with Crippen molar-refractivity contribution in [1.82, 2.24) is 14.5 Å². The third kappa shape index (κ3) is 3.49. The topological polar surface area (TPSA) is 119 Å². The molecule has 0 unspecified atom stereocenters. The van der Waals surface area contributed by atoms with Crippen LogP contribution < -0.4 is 11.1 Å². The van der Waals surface area contributed by atoms with Gasteiger partial charge in [0.15, 0.2) is 5.65 Å². The second-order valence-electron chi connectivity index (χ2n) is 7.77. The number of fused-ring (bicyclic) bond motifs is 2. The molecular formula is C22H20N6O2.